The summed E-state index contributed by atoms with van der Waals surface area (Å²) in [6.07, 6.45) is 0. The Morgan fingerprint density at radius 1 is 1.11 bits per heavy atom. The summed E-state index contributed by atoms with van der Waals surface area (Å²) < 4.78 is 32.4. The summed E-state index contributed by atoms with van der Waals surface area (Å²) in [5, 5.41) is 2.89. The number of hydrogen-bond donors (Lipinski definition) is 1. The third kappa shape index (κ3) is 2.90. The SMILES string of the molecule is CNCc1ccc(-c2cc(F)ccc2OC)cc1F. The molecule has 0 aliphatic heterocycles. The minimum Gasteiger partial charge on any atom is -0.496 e. The van der Waals surface area contributed by atoms with Gasteiger partial charge < -0.3 is 10.1 Å². The lowest BCUT2D eigenvalue weighted by Crippen LogP contribution is -2.06. The summed E-state index contributed by atoms with van der Waals surface area (Å²) in [4.78, 5) is 0. The van der Waals surface area contributed by atoms with Gasteiger partial charge in [0.05, 0.1) is 7.11 Å². The Balaban J connectivity index is 2.47. The van der Waals surface area contributed by atoms with Gasteiger partial charge in [0.2, 0.25) is 0 Å². The Hall–Kier alpha value is -1.94. The highest BCUT2D eigenvalue weighted by Crippen LogP contribution is 2.31. The molecule has 0 saturated heterocycles. The molecule has 4 heteroatoms. The van der Waals surface area contributed by atoms with Gasteiger partial charge in [-0.25, -0.2) is 8.78 Å². The van der Waals surface area contributed by atoms with Crippen LogP contribution in [-0.4, -0.2) is 14.2 Å². The molecule has 0 radical (unpaired) electrons. The zero-order valence-corrected chi connectivity index (χ0v) is 10.8. The Morgan fingerprint density at radius 2 is 1.89 bits per heavy atom. The van der Waals surface area contributed by atoms with Gasteiger partial charge in [-0.3, -0.25) is 0 Å². The average molecular weight is 263 g/mol. The van der Waals surface area contributed by atoms with Crippen LogP contribution in [0.1, 0.15) is 5.56 Å². The van der Waals surface area contributed by atoms with Crippen molar-refractivity contribution in [3.63, 3.8) is 0 Å². The predicted molar refractivity (Wildman–Crippen MR) is 71.1 cm³/mol. The molecule has 2 rings (SSSR count). The molecule has 0 bridgehead atoms. The average Bonchev–Trinajstić information content (AvgIpc) is 2.41. The Kier molecular flexibility index (Phi) is 4.12. The number of hydrogen-bond acceptors (Lipinski definition) is 2. The normalized spacial score (nSPS) is 10.5. The molecule has 2 aromatic rings. The van der Waals surface area contributed by atoms with Gasteiger partial charge in [-0.2, -0.15) is 0 Å². The first-order chi connectivity index (χ1) is 9.15. The van der Waals surface area contributed by atoms with Crippen LogP contribution in [-0.2, 0) is 6.54 Å². The van der Waals surface area contributed by atoms with Crippen LogP contribution in [0.5, 0.6) is 5.75 Å². The third-order valence-electron chi connectivity index (χ3n) is 2.89. The Bertz CT molecular complexity index is 584. The first-order valence-electron chi connectivity index (χ1n) is 5.92. The smallest absolute Gasteiger partial charge is 0.128 e. The molecule has 0 spiro atoms. The van der Waals surface area contributed by atoms with E-state index in [0.717, 1.165) is 0 Å². The van der Waals surface area contributed by atoms with Crippen molar-refractivity contribution in [2.45, 2.75) is 6.54 Å². The third-order valence-corrected chi connectivity index (χ3v) is 2.89. The quantitative estimate of drug-likeness (QED) is 0.913. The minimum absolute atomic E-state index is 0.321. The lowest BCUT2D eigenvalue weighted by Gasteiger charge is -2.10. The molecule has 19 heavy (non-hydrogen) atoms. The van der Waals surface area contributed by atoms with E-state index in [0.29, 0.717) is 29.0 Å². The first-order valence-corrected chi connectivity index (χ1v) is 5.92. The molecule has 0 aliphatic carbocycles. The fourth-order valence-corrected chi connectivity index (χ4v) is 1.95. The van der Waals surface area contributed by atoms with E-state index in [-0.39, 0.29) is 11.6 Å². The number of benzene rings is 2. The summed E-state index contributed by atoms with van der Waals surface area (Å²) >= 11 is 0. The summed E-state index contributed by atoms with van der Waals surface area (Å²) in [5.74, 6) is -0.184. The molecule has 1 N–H and O–H groups in total. The standard InChI is InChI=1S/C15H15F2NO/c1-18-9-11-4-3-10(7-14(11)17)13-8-12(16)5-6-15(13)19-2/h3-8,18H,9H2,1-2H3. The van der Waals surface area contributed by atoms with Gasteiger partial charge in [-0.15, -0.1) is 0 Å². The van der Waals surface area contributed by atoms with Crippen molar-refractivity contribution < 1.29 is 13.5 Å². The number of ether oxygens (including phenoxy) is 1. The Morgan fingerprint density at radius 3 is 2.53 bits per heavy atom. The molecular weight excluding hydrogens is 248 g/mol. The fourth-order valence-electron chi connectivity index (χ4n) is 1.95. The second-order valence-electron chi connectivity index (χ2n) is 4.18. The van der Waals surface area contributed by atoms with Crippen LogP contribution < -0.4 is 10.1 Å². The molecule has 2 nitrogen and oxygen atoms in total. The maximum atomic E-state index is 13.9. The van der Waals surface area contributed by atoms with E-state index in [1.165, 1.54) is 31.4 Å². The first kappa shape index (κ1) is 13.5. The molecule has 0 unspecified atom stereocenters. The van der Waals surface area contributed by atoms with Gasteiger partial charge >= 0.3 is 0 Å². The zero-order valence-electron chi connectivity index (χ0n) is 10.8. The number of methoxy groups -OCH3 is 1. The van der Waals surface area contributed by atoms with E-state index in [1.807, 2.05) is 0 Å². The molecule has 0 aliphatic rings. The van der Waals surface area contributed by atoms with Gasteiger partial charge in [-0.1, -0.05) is 12.1 Å². The number of rotatable bonds is 4. The zero-order chi connectivity index (χ0) is 13.8. The molecule has 0 fully saturated rings. The van der Waals surface area contributed by atoms with E-state index in [4.69, 9.17) is 4.74 Å². The van der Waals surface area contributed by atoms with Crippen LogP contribution in [0.15, 0.2) is 36.4 Å². The van der Waals surface area contributed by atoms with Crippen molar-refractivity contribution in [3.8, 4) is 16.9 Å². The van der Waals surface area contributed by atoms with Crippen molar-refractivity contribution in [1.82, 2.24) is 5.32 Å². The van der Waals surface area contributed by atoms with Crippen molar-refractivity contribution in [1.29, 1.82) is 0 Å². The van der Waals surface area contributed by atoms with Crippen LogP contribution in [0.4, 0.5) is 8.78 Å². The van der Waals surface area contributed by atoms with Crippen LogP contribution in [0, 0.1) is 11.6 Å². The lowest BCUT2D eigenvalue weighted by molar-refractivity contribution is 0.415. The van der Waals surface area contributed by atoms with Gasteiger partial charge in [0, 0.05) is 17.7 Å². The van der Waals surface area contributed by atoms with Gasteiger partial charge in [-0.05, 0) is 36.9 Å². The molecule has 0 amide bonds. The van der Waals surface area contributed by atoms with E-state index >= 15 is 0 Å². The maximum absolute atomic E-state index is 13.9. The fraction of sp³-hybridized carbons (Fsp3) is 0.200. The Labute approximate surface area is 111 Å². The molecule has 0 heterocycles. The van der Waals surface area contributed by atoms with Gasteiger partial charge in [0.1, 0.15) is 17.4 Å². The molecule has 0 aromatic heterocycles. The monoisotopic (exact) mass is 263 g/mol. The van der Waals surface area contributed by atoms with Crippen molar-refractivity contribution in [2.24, 2.45) is 0 Å². The highest BCUT2D eigenvalue weighted by Gasteiger charge is 2.10. The van der Waals surface area contributed by atoms with Crippen LogP contribution in [0.25, 0.3) is 11.1 Å². The number of halogens is 2. The highest BCUT2D eigenvalue weighted by atomic mass is 19.1. The molecule has 2 aromatic carbocycles. The van der Waals surface area contributed by atoms with Crippen LogP contribution >= 0.6 is 0 Å². The second-order valence-corrected chi connectivity index (χ2v) is 4.18. The molecule has 0 atom stereocenters. The van der Waals surface area contributed by atoms with Crippen LogP contribution in [0.2, 0.25) is 0 Å². The second kappa shape index (κ2) is 5.80. The topological polar surface area (TPSA) is 21.3 Å². The van der Waals surface area contributed by atoms with E-state index in [2.05, 4.69) is 5.32 Å². The number of nitrogens with one attached hydrogen (secondary N) is 1. The molecule has 0 saturated carbocycles. The minimum atomic E-state index is -0.379. The molecular formula is C15H15F2NO. The van der Waals surface area contributed by atoms with E-state index < -0.39 is 0 Å². The summed E-state index contributed by atoms with van der Waals surface area (Å²) in [7, 11) is 3.26. The van der Waals surface area contributed by atoms with E-state index in [1.54, 1.807) is 19.2 Å². The summed E-state index contributed by atoms with van der Waals surface area (Å²) in [6.45, 7) is 0.451. The van der Waals surface area contributed by atoms with E-state index in [9.17, 15) is 8.78 Å². The summed E-state index contributed by atoms with van der Waals surface area (Å²) in [6, 6.07) is 9.02. The summed E-state index contributed by atoms with van der Waals surface area (Å²) in [5.41, 5.74) is 1.70. The highest BCUT2D eigenvalue weighted by molar-refractivity contribution is 5.70. The van der Waals surface area contributed by atoms with Crippen molar-refractivity contribution >= 4 is 0 Å². The van der Waals surface area contributed by atoms with Crippen molar-refractivity contribution in [3.05, 3.63) is 53.6 Å². The largest absolute Gasteiger partial charge is 0.496 e. The lowest BCUT2D eigenvalue weighted by atomic mass is 10.0. The maximum Gasteiger partial charge on any atom is 0.128 e. The van der Waals surface area contributed by atoms with Crippen LogP contribution in [0.3, 0.4) is 0 Å². The van der Waals surface area contributed by atoms with Gasteiger partial charge in [0.15, 0.2) is 0 Å². The molecule has 100 valence electrons. The predicted octanol–water partition coefficient (Wildman–Crippen LogP) is 3.36. The van der Waals surface area contributed by atoms with Crippen molar-refractivity contribution in [2.75, 3.05) is 14.2 Å². The van der Waals surface area contributed by atoms with Gasteiger partial charge in [0.25, 0.3) is 0 Å².